The lowest BCUT2D eigenvalue weighted by molar-refractivity contribution is -0.139. The molecule has 6 heteroatoms. The number of benzene rings is 2. The van der Waals surface area contributed by atoms with Crippen LogP contribution in [0.4, 0.5) is 4.39 Å². The van der Waals surface area contributed by atoms with Gasteiger partial charge in [-0.3, -0.25) is 9.59 Å². The van der Waals surface area contributed by atoms with Gasteiger partial charge in [0.25, 0.3) is 0 Å². The highest BCUT2D eigenvalue weighted by Gasteiger charge is 2.28. The molecule has 30 heavy (non-hydrogen) atoms. The summed E-state index contributed by atoms with van der Waals surface area (Å²) in [6.07, 6.45) is 1.35. The zero-order valence-corrected chi connectivity index (χ0v) is 18.8. The highest BCUT2D eigenvalue weighted by molar-refractivity contribution is 7.99. The first-order valence-corrected chi connectivity index (χ1v) is 11.5. The first kappa shape index (κ1) is 23.9. The third-order valence-electron chi connectivity index (χ3n) is 4.78. The molecule has 1 N–H and O–H groups in total. The van der Waals surface area contributed by atoms with Gasteiger partial charge in [-0.2, -0.15) is 0 Å². The number of aryl methyl sites for hydroxylation is 1. The Morgan fingerprint density at radius 2 is 1.83 bits per heavy atom. The monoisotopic (exact) mass is 430 g/mol. The van der Waals surface area contributed by atoms with E-state index in [2.05, 4.69) is 11.4 Å². The van der Waals surface area contributed by atoms with Gasteiger partial charge in [-0.1, -0.05) is 55.8 Å². The van der Waals surface area contributed by atoms with Crippen LogP contribution in [0.5, 0.6) is 0 Å². The van der Waals surface area contributed by atoms with Crippen LogP contribution in [0.25, 0.3) is 0 Å². The molecule has 2 rings (SSSR count). The van der Waals surface area contributed by atoms with Gasteiger partial charge in [0.15, 0.2) is 0 Å². The van der Waals surface area contributed by atoms with Gasteiger partial charge in [0.1, 0.15) is 11.9 Å². The summed E-state index contributed by atoms with van der Waals surface area (Å²) in [4.78, 5) is 27.4. The lowest BCUT2D eigenvalue weighted by Gasteiger charge is -2.30. The molecule has 4 nitrogen and oxygen atoms in total. The van der Waals surface area contributed by atoms with Gasteiger partial charge in [0.2, 0.25) is 11.8 Å². The fourth-order valence-corrected chi connectivity index (χ4v) is 4.07. The third kappa shape index (κ3) is 7.48. The lowest BCUT2D eigenvalue weighted by atomic mass is 10.1. The van der Waals surface area contributed by atoms with Crippen molar-refractivity contribution < 1.29 is 14.0 Å². The van der Waals surface area contributed by atoms with Crippen molar-refractivity contribution in [2.24, 2.45) is 0 Å². The Bertz CT molecular complexity index is 826. The zero-order valence-electron chi connectivity index (χ0n) is 18.0. The van der Waals surface area contributed by atoms with Crippen molar-refractivity contribution in [3.8, 4) is 0 Å². The van der Waals surface area contributed by atoms with Gasteiger partial charge >= 0.3 is 0 Å². The largest absolute Gasteiger partial charge is 0.354 e. The highest BCUT2D eigenvalue weighted by Crippen LogP contribution is 2.18. The van der Waals surface area contributed by atoms with Crippen molar-refractivity contribution in [1.82, 2.24) is 10.2 Å². The number of thioether (sulfide) groups is 1. The lowest BCUT2D eigenvalue weighted by Crippen LogP contribution is -2.49. The second-order valence-electron chi connectivity index (χ2n) is 7.35. The van der Waals surface area contributed by atoms with E-state index >= 15 is 0 Å². The van der Waals surface area contributed by atoms with Gasteiger partial charge in [-0.05, 0) is 43.0 Å². The van der Waals surface area contributed by atoms with E-state index in [1.807, 2.05) is 39.0 Å². The fraction of sp³-hybridized carbons (Fsp3) is 0.417. The van der Waals surface area contributed by atoms with E-state index in [4.69, 9.17) is 0 Å². The first-order chi connectivity index (χ1) is 14.4. The molecule has 1 unspecified atom stereocenters. The standard InChI is InChI=1S/C24H31FN2O2S/c1-4-13-26-24(29)22(5-2)27(15-19-9-11-21(25)12-10-19)23(28)17-30-16-20-8-6-7-18(3)14-20/h6-12,14,22H,4-5,13,15-17H2,1-3H3,(H,26,29). The predicted molar refractivity (Wildman–Crippen MR) is 122 cm³/mol. The molecule has 0 saturated heterocycles. The number of hydrogen-bond donors (Lipinski definition) is 1. The van der Waals surface area contributed by atoms with Crippen LogP contribution in [-0.2, 0) is 21.9 Å². The molecule has 1 atom stereocenters. The normalized spacial score (nSPS) is 11.7. The Kier molecular flexibility index (Phi) is 9.87. The molecule has 0 saturated carbocycles. The minimum Gasteiger partial charge on any atom is -0.354 e. The Balaban J connectivity index is 2.10. The van der Waals surface area contributed by atoms with Crippen LogP contribution in [0.3, 0.4) is 0 Å². The van der Waals surface area contributed by atoms with Crippen LogP contribution in [0, 0.1) is 12.7 Å². The van der Waals surface area contributed by atoms with Crippen LogP contribution >= 0.6 is 11.8 Å². The van der Waals surface area contributed by atoms with E-state index < -0.39 is 6.04 Å². The predicted octanol–water partition coefficient (Wildman–Crippen LogP) is 4.70. The summed E-state index contributed by atoms with van der Waals surface area (Å²) < 4.78 is 13.3. The van der Waals surface area contributed by atoms with E-state index in [0.29, 0.717) is 13.0 Å². The van der Waals surface area contributed by atoms with E-state index in [1.165, 1.54) is 35.0 Å². The summed E-state index contributed by atoms with van der Waals surface area (Å²) in [7, 11) is 0. The summed E-state index contributed by atoms with van der Waals surface area (Å²) in [5, 5.41) is 2.90. The van der Waals surface area contributed by atoms with Crippen LogP contribution in [0.2, 0.25) is 0 Å². The summed E-state index contributed by atoms with van der Waals surface area (Å²) in [6, 6.07) is 13.7. The SMILES string of the molecule is CCCNC(=O)C(CC)N(Cc1ccc(F)cc1)C(=O)CSCc1cccc(C)c1. The number of nitrogens with zero attached hydrogens (tertiary/aromatic N) is 1. The minimum absolute atomic E-state index is 0.0875. The number of rotatable bonds is 11. The molecule has 0 aromatic heterocycles. The van der Waals surface area contributed by atoms with Gasteiger partial charge in [-0.25, -0.2) is 4.39 Å². The second kappa shape index (κ2) is 12.4. The summed E-state index contributed by atoms with van der Waals surface area (Å²) in [6.45, 7) is 6.80. The molecule has 162 valence electrons. The van der Waals surface area contributed by atoms with Crippen molar-refractivity contribution in [2.45, 2.75) is 52.0 Å². The minimum atomic E-state index is -0.548. The van der Waals surface area contributed by atoms with Crippen molar-refractivity contribution in [1.29, 1.82) is 0 Å². The number of amides is 2. The maximum atomic E-state index is 13.3. The van der Waals surface area contributed by atoms with Crippen LogP contribution < -0.4 is 5.32 Å². The molecule has 2 aromatic rings. The highest BCUT2D eigenvalue weighted by atomic mass is 32.2. The maximum Gasteiger partial charge on any atom is 0.242 e. The zero-order chi connectivity index (χ0) is 21.9. The van der Waals surface area contributed by atoms with Crippen molar-refractivity contribution in [3.05, 3.63) is 71.0 Å². The molecule has 0 heterocycles. The fourth-order valence-electron chi connectivity index (χ4n) is 3.21. The average molecular weight is 431 g/mol. The molecular formula is C24H31FN2O2S. The number of carbonyl (C=O) groups excluding carboxylic acids is 2. The molecule has 2 aromatic carbocycles. The molecule has 0 aliphatic carbocycles. The van der Waals surface area contributed by atoms with E-state index in [1.54, 1.807) is 17.0 Å². The molecule has 0 bridgehead atoms. The Morgan fingerprint density at radius 3 is 2.47 bits per heavy atom. The number of hydrogen-bond acceptors (Lipinski definition) is 3. The van der Waals surface area contributed by atoms with Crippen molar-refractivity contribution in [2.75, 3.05) is 12.3 Å². The molecule has 2 amide bonds. The molecule has 0 fully saturated rings. The van der Waals surface area contributed by atoms with Crippen molar-refractivity contribution in [3.63, 3.8) is 0 Å². The van der Waals surface area contributed by atoms with Crippen LogP contribution in [0.1, 0.15) is 43.4 Å². The Morgan fingerprint density at radius 1 is 1.10 bits per heavy atom. The molecular weight excluding hydrogens is 399 g/mol. The summed E-state index contributed by atoms with van der Waals surface area (Å²) in [5.74, 6) is 0.468. The molecule has 0 spiro atoms. The summed E-state index contributed by atoms with van der Waals surface area (Å²) in [5.41, 5.74) is 3.16. The van der Waals surface area contributed by atoms with Crippen LogP contribution in [0.15, 0.2) is 48.5 Å². The van der Waals surface area contributed by atoms with E-state index in [9.17, 15) is 14.0 Å². The smallest absolute Gasteiger partial charge is 0.242 e. The number of carbonyl (C=O) groups is 2. The topological polar surface area (TPSA) is 49.4 Å². The molecule has 0 aliphatic heterocycles. The second-order valence-corrected chi connectivity index (χ2v) is 8.33. The van der Waals surface area contributed by atoms with Gasteiger partial charge < -0.3 is 10.2 Å². The van der Waals surface area contributed by atoms with Crippen molar-refractivity contribution >= 4 is 23.6 Å². The summed E-state index contributed by atoms with van der Waals surface area (Å²) >= 11 is 1.54. The Labute approximate surface area is 183 Å². The van der Waals surface area contributed by atoms with Crippen LogP contribution in [-0.4, -0.2) is 35.1 Å². The quantitative estimate of drug-likeness (QED) is 0.562. The molecule has 0 aliphatic rings. The Hall–Kier alpha value is -2.34. The number of halogens is 1. The maximum absolute atomic E-state index is 13.3. The van der Waals surface area contributed by atoms with Gasteiger partial charge in [0, 0.05) is 18.8 Å². The third-order valence-corrected chi connectivity index (χ3v) is 5.77. The van der Waals surface area contributed by atoms with E-state index in [-0.39, 0.29) is 29.9 Å². The molecule has 0 radical (unpaired) electrons. The van der Waals surface area contributed by atoms with Gasteiger partial charge in [0.05, 0.1) is 5.75 Å². The first-order valence-electron chi connectivity index (χ1n) is 10.4. The number of nitrogens with one attached hydrogen (secondary N) is 1. The average Bonchev–Trinajstić information content (AvgIpc) is 2.73. The van der Waals surface area contributed by atoms with Gasteiger partial charge in [-0.15, -0.1) is 11.8 Å². The van der Waals surface area contributed by atoms with E-state index in [0.717, 1.165) is 17.7 Å².